The number of hydrogen-bond donors (Lipinski definition) is 1. The Bertz CT molecular complexity index is 606. The minimum Gasteiger partial charge on any atom is -0.496 e. The van der Waals surface area contributed by atoms with Crippen molar-refractivity contribution in [3.63, 3.8) is 0 Å². The van der Waals surface area contributed by atoms with Gasteiger partial charge >= 0.3 is 0 Å². The van der Waals surface area contributed by atoms with E-state index in [9.17, 15) is 4.79 Å². The zero-order valence-electron chi connectivity index (χ0n) is 17.7. The molecule has 0 aliphatic carbocycles. The standard InChI is InChI=1S/C23H37N3O2/c1-19(23(27)24-17-21-9-5-6-10-22(21)28-2)26-15-11-20(12-16-26)18-25-13-7-3-4-8-14-25/h5-6,9-10,19-20H,3-4,7-8,11-18H2,1-2H3,(H,24,27). The van der Waals surface area contributed by atoms with Crippen LogP contribution in [0.5, 0.6) is 5.75 Å². The quantitative estimate of drug-likeness (QED) is 0.780. The van der Waals surface area contributed by atoms with Gasteiger partial charge in [-0.1, -0.05) is 31.0 Å². The molecule has 0 aromatic heterocycles. The number of nitrogens with zero attached hydrogens (tertiary/aromatic N) is 2. The fraction of sp³-hybridized carbons (Fsp3) is 0.696. The number of para-hydroxylation sites is 1. The lowest BCUT2D eigenvalue weighted by Crippen LogP contribution is -2.49. The summed E-state index contributed by atoms with van der Waals surface area (Å²) in [6.45, 7) is 8.42. The van der Waals surface area contributed by atoms with E-state index >= 15 is 0 Å². The number of rotatable bonds is 7. The maximum Gasteiger partial charge on any atom is 0.237 e. The van der Waals surface area contributed by atoms with Crippen LogP contribution in [0, 0.1) is 5.92 Å². The van der Waals surface area contributed by atoms with E-state index in [2.05, 4.69) is 15.1 Å². The fourth-order valence-corrected chi connectivity index (χ4v) is 4.55. The summed E-state index contributed by atoms with van der Waals surface area (Å²) in [6.07, 6.45) is 7.94. The van der Waals surface area contributed by atoms with Crippen LogP contribution in [0.4, 0.5) is 0 Å². The van der Waals surface area contributed by atoms with E-state index in [-0.39, 0.29) is 11.9 Å². The zero-order valence-corrected chi connectivity index (χ0v) is 17.7. The zero-order chi connectivity index (χ0) is 19.8. The van der Waals surface area contributed by atoms with Crippen molar-refractivity contribution in [2.45, 2.75) is 58.0 Å². The molecule has 0 bridgehead atoms. The van der Waals surface area contributed by atoms with Crippen molar-refractivity contribution in [2.24, 2.45) is 5.92 Å². The van der Waals surface area contributed by atoms with Gasteiger partial charge in [0, 0.05) is 18.7 Å². The normalized spacial score (nSPS) is 21.1. The van der Waals surface area contributed by atoms with Gasteiger partial charge < -0.3 is 15.0 Å². The molecule has 1 N–H and O–H groups in total. The molecule has 3 rings (SSSR count). The Balaban J connectivity index is 1.41. The molecule has 28 heavy (non-hydrogen) atoms. The van der Waals surface area contributed by atoms with E-state index < -0.39 is 0 Å². The Morgan fingerprint density at radius 2 is 1.79 bits per heavy atom. The molecule has 1 amide bonds. The summed E-state index contributed by atoms with van der Waals surface area (Å²) in [5, 5.41) is 3.09. The second kappa shape index (κ2) is 10.8. The van der Waals surface area contributed by atoms with Gasteiger partial charge in [-0.05, 0) is 70.8 Å². The average molecular weight is 388 g/mol. The molecule has 2 saturated heterocycles. The van der Waals surface area contributed by atoms with E-state index in [1.165, 1.54) is 58.2 Å². The van der Waals surface area contributed by atoms with Crippen LogP contribution in [0.3, 0.4) is 0 Å². The highest BCUT2D eigenvalue weighted by Gasteiger charge is 2.27. The molecule has 0 spiro atoms. The number of methoxy groups -OCH3 is 1. The van der Waals surface area contributed by atoms with Gasteiger partial charge in [-0.15, -0.1) is 0 Å². The molecule has 5 heteroatoms. The summed E-state index contributed by atoms with van der Waals surface area (Å²) < 4.78 is 5.37. The van der Waals surface area contributed by atoms with Crippen LogP contribution in [-0.2, 0) is 11.3 Å². The second-order valence-electron chi connectivity index (χ2n) is 8.40. The van der Waals surface area contributed by atoms with Gasteiger partial charge in [-0.25, -0.2) is 0 Å². The van der Waals surface area contributed by atoms with Gasteiger partial charge in [0.2, 0.25) is 5.91 Å². The van der Waals surface area contributed by atoms with Crippen LogP contribution >= 0.6 is 0 Å². The third-order valence-corrected chi connectivity index (χ3v) is 6.44. The van der Waals surface area contributed by atoms with Gasteiger partial charge in [0.25, 0.3) is 0 Å². The first kappa shape index (κ1) is 21.1. The topological polar surface area (TPSA) is 44.8 Å². The second-order valence-corrected chi connectivity index (χ2v) is 8.40. The van der Waals surface area contributed by atoms with Crippen LogP contribution in [0.15, 0.2) is 24.3 Å². The summed E-state index contributed by atoms with van der Waals surface area (Å²) in [7, 11) is 1.67. The molecule has 1 aromatic carbocycles. The molecule has 2 heterocycles. The first-order valence-electron chi connectivity index (χ1n) is 11.0. The van der Waals surface area contributed by atoms with Gasteiger partial charge in [0.05, 0.1) is 13.2 Å². The highest BCUT2D eigenvalue weighted by Crippen LogP contribution is 2.22. The maximum absolute atomic E-state index is 12.7. The summed E-state index contributed by atoms with van der Waals surface area (Å²) >= 11 is 0. The molecule has 1 atom stereocenters. The number of carbonyl (C=O) groups is 1. The molecule has 1 aromatic rings. The Morgan fingerprint density at radius 3 is 2.46 bits per heavy atom. The molecule has 0 radical (unpaired) electrons. The largest absolute Gasteiger partial charge is 0.496 e. The Morgan fingerprint density at radius 1 is 1.11 bits per heavy atom. The lowest BCUT2D eigenvalue weighted by molar-refractivity contribution is -0.126. The van der Waals surface area contributed by atoms with E-state index in [0.29, 0.717) is 6.54 Å². The molecule has 2 aliphatic rings. The van der Waals surface area contributed by atoms with Crippen molar-refractivity contribution >= 4 is 5.91 Å². The maximum atomic E-state index is 12.7. The Kier molecular flexibility index (Phi) is 8.16. The number of piperidine rings is 1. The predicted octanol–water partition coefficient (Wildman–Crippen LogP) is 3.29. The summed E-state index contributed by atoms with van der Waals surface area (Å²) in [5.41, 5.74) is 1.02. The predicted molar refractivity (Wildman–Crippen MR) is 114 cm³/mol. The van der Waals surface area contributed by atoms with Crippen LogP contribution < -0.4 is 10.1 Å². The molecule has 1 unspecified atom stereocenters. The van der Waals surface area contributed by atoms with Gasteiger partial charge in [-0.2, -0.15) is 0 Å². The van der Waals surface area contributed by atoms with E-state index in [1.54, 1.807) is 7.11 Å². The summed E-state index contributed by atoms with van der Waals surface area (Å²) in [4.78, 5) is 17.7. The Hall–Kier alpha value is -1.59. The summed E-state index contributed by atoms with van der Waals surface area (Å²) in [5.74, 6) is 1.72. The van der Waals surface area contributed by atoms with Crippen LogP contribution in [0.2, 0.25) is 0 Å². The highest BCUT2D eigenvalue weighted by molar-refractivity contribution is 5.81. The number of ether oxygens (including phenoxy) is 1. The molecule has 156 valence electrons. The van der Waals surface area contributed by atoms with E-state index in [4.69, 9.17) is 4.74 Å². The minimum atomic E-state index is -0.0751. The first-order chi connectivity index (χ1) is 13.7. The molecule has 2 fully saturated rings. The smallest absolute Gasteiger partial charge is 0.237 e. The van der Waals surface area contributed by atoms with Gasteiger partial charge in [0.15, 0.2) is 0 Å². The summed E-state index contributed by atoms with van der Waals surface area (Å²) in [6, 6.07) is 7.78. The average Bonchev–Trinajstić information content (AvgIpc) is 3.01. The van der Waals surface area contributed by atoms with Crippen LogP contribution in [-0.4, -0.2) is 61.6 Å². The van der Waals surface area contributed by atoms with Crippen molar-refractivity contribution in [1.82, 2.24) is 15.1 Å². The molecular weight excluding hydrogens is 350 g/mol. The minimum absolute atomic E-state index is 0.0751. The van der Waals surface area contributed by atoms with Crippen LogP contribution in [0.1, 0.15) is 51.0 Å². The fourth-order valence-electron chi connectivity index (χ4n) is 4.55. The number of hydrogen-bond acceptors (Lipinski definition) is 4. The monoisotopic (exact) mass is 387 g/mol. The number of likely N-dealkylation sites (tertiary alicyclic amines) is 2. The van der Waals surface area contributed by atoms with Crippen molar-refractivity contribution in [1.29, 1.82) is 0 Å². The lowest BCUT2D eigenvalue weighted by Gasteiger charge is -2.37. The van der Waals surface area contributed by atoms with Crippen molar-refractivity contribution in [3.05, 3.63) is 29.8 Å². The molecule has 2 aliphatic heterocycles. The number of nitrogens with one attached hydrogen (secondary N) is 1. The number of benzene rings is 1. The van der Waals surface area contributed by atoms with Crippen molar-refractivity contribution in [3.8, 4) is 5.75 Å². The number of carbonyl (C=O) groups excluding carboxylic acids is 1. The molecule has 0 saturated carbocycles. The highest BCUT2D eigenvalue weighted by atomic mass is 16.5. The molecule has 5 nitrogen and oxygen atoms in total. The van der Waals surface area contributed by atoms with E-state index in [0.717, 1.165) is 30.3 Å². The van der Waals surface area contributed by atoms with Gasteiger partial charge in [0.1, 0.15) is 5.75 Å². The van der Waals surface area contributed by atoms with Gasteiger partial charge in [-0.3, -0.25) is 9.69 Å². The third-order valence-electron chi connectivity index (χ3n) is 6.44. The Labute approximate surface area is 170 Å². The number of amides is 1. The first-order valence-corrected chi connectivity index (χ1v) is 11.0. The van der Waals surface area contributed by atoms with E-state index in [1.807, 2.05) is 31.2 Å². The van der Waals surface area contributed by atoms with Crippen LogP contribution in [0.25, 0.3) is 0 Å². The van der Waals surface area contributed by atoms with Crippen molar-refractivity contribution in [2.75, 3.05) is 39.8 Å². The molecular formula is C23H37N3O2. The lowest BCUT2D eigenvalue weighted by atomic mass is 9.95. The SMILES string of the molecule is COc1ccccc1CNC(=O)C(C)N1CCC(CN2CCCCCC2)CC1. The third kappa shape index (κ3) is 5.95. The van der Waals surface area contributed by atoms with Crippen molar-refractivity contribution < 1.29 is 9.53 Å².